The Morgan fingerprint density at radius 2 is 2.15 bits per heavy atom. The Bertz CT molecular complexity index is 308. The van der Waals surface area contributed by atoms with Gasteiger partial charge in [0.25, 0.3) is 0 Å². The summed E-state index contributed by atoms with van der Waals surface area (Å²) in [6.07, 6.45) is 0. The van der Waals surface area contributed by atoms with Crippen LogP contribution >= 0.6 is 0 Å². The molecule has 0 radical (unpaired) electrons. The van der Waals surface area contributed by atoms with Gasteiger partial charge in [-0.1, -0.05) is 0 Å². The summed E-state index contributed by atoms with van der Waals surface area (Å²) in [7, 11) is 0. The van der Waals surface area contributed by atoms with Gasteiger partial charge in [0.05, 0.1) is 0 Å². The number of nitrogens with zero attached hydrogens (tertiary/aromatic N) is 1. The first-order chi connectivity index (χ1) is 6.34. The minimum absolute atomic E-state index is 0.538. The zero-order valence-electron chi connectivity index (χ0n) is 7.53. The molecule has 2 nitrogen and oxygen atoms in total. The van der Waals surface area contributed by atoms with E-state index in [4.69, 9.17) is 0 Å². The first-order valence-corrected chi connectivity index (χ1v) is 6.22. The fourth-order valence-electron chi connectivity index (χ4n) is 1.19. The molecule has 0 saturated carbocycles. The van der Waals surface area contributed by atoms with Crippen molar-refractivity contribution in [2.45, 2.75) is 11.7 Å². The molecule has 0 spiro atoms. The fourth-order valence-corrected chi connectivity index (χ4v) is 2.99. The third-order valence-corrected chi connectivity index (χ3v) is 3.94. The molecule has 0 saturated heterocycles. The van der Waals surface area contributed by atoms with Crippen LogP contribution < -0.4 is 5.32 Å². The molecule has 0 bridgehead atoms. The van der Waals surface area contributed by atoms with Crippen molar-refractivity contribution in [1.82, 2.24) is 0 Å². The van der Waals surface area contributed by atoms with Crippen LogP contribution in [0.2, 0.25) is 4.82 Å². The molecule has 0 fully saturated rings. The Labute approximate surface area is 84.6 Å². The second-order valence-corrected chi connectivity index (χ2v) is 6.06. The Hall–Kier alpha value is -0.791. The van der Waals surface area contributed by atoms with E-state index in [1.54, 1.807) is 0 Å². The molecule has 2 rings (SSSR count). The molecule has 1 aliphatic heterocycles. The van der Waals surface area contributed by atoms with E-state index in [9.17, 15) is 0 Å². The van der Waals surface area contributed by atoms with Crippen molar-refractivity contribution in [2.24, 2.45) is 4.99 Å². The van der Waals surface area contributed by atoms with Crippen molar-refractivity contribution in [3.05, 3.63) is 30.3 Å². The summed E-state index contributed by atoms with van der Waals surface area (Å²) in [6.45, 7) is 3.25. The Balaban J connectivity index is 2.00. The first-order valence-electron chi connectivity index (χ1n) is 4.38. The summed E-state index contributed by atoms with van der Waals surface area (Å²) in [5, 5.41) is 3.35. The second-order valence-electron chi connectivity index (χ2n) is 3.07. The van der Waals surface area contributed by atoms with Crippen LogP contribution in [-0.4, -0.2) is 26.2 Å². The number of nitrogens with one attached hydrogen (secondary N) is 1. The second kappa shape index (κ2) is 3.95. The molecule has 1 atom stereocenters. The number of rotatable bonds is 1. The predicted octanol–water partition coefficient (Wildman–Crippen LogP) is 1.98. The number of para-hydroxylation sites is 1. The average Bonchev–Trinajstić information content (AvgIpc) is 2.53. The molecular formula is C10H12N2Se. The van der Waals surface area contributed by atoms with Crippen molar-refractivity contribution < 1.29 is 0 Å². The fraction of sp³-hybridized carbons (Fsp3) is 0.300. The number of hydrogen-bond donors (Lipinski definition) is 1. The van der Waals surface area contributed by atoms with Gasteiger partial charge >= 0.3 is 84.3 Å². The van der Waals surface area contributed by atoms with Gasteiger partial charge in [0.1, 0.15) is 0 Å². The van der Waals surface area contributed by atoms with Crippen LogP contribution in [0.5, 0.6) is 0 Å². The molecule has 68 valence electrons. The third kappa shape index (κ3) is 2.33. The van der Waals surface area contributed by atoms with E-state index in [2.05, 4.69) is 29.4 Å². The van der Waals surface area contributed by atoms with Gasteiger partial charge in [-0.15, -0.1) is 0 Å². The molecule has 0 aliphatic carbocycles. The summed E-state index contributed by atoms with van der Waals surface area (Å²) in [5.74, 6) is 0. The van der Waals surface area contributed by atoms with Gasteiger partial charge in [-0.2, -0.15) is 0 Å². The van der Waals surface area contributed by atoms with E-state index in [0.29, 0.717) is 15.0 Å². The summed E-state index contributed by atoms with van der Waals surface area (Å²) < 4.78 is 1.19. The van der Waals surface area contributed by atoms with Gasteiger partial charge < -0.3 is 0 Å². The number of amidine groups is 1. The van der Waals surface area contributed by atoms with E-state index >= 15 is 0 Å². The minimum atomic E-state index is 0.538. The van der Waals surface area contributed by atoms with E-state index in [-0.39, 0.29) is 0 Å². The van der Waals surface area contributed by atoms with Crippen molar-refractivity contribution in [3.63, 3.8) is 0 Å². The molecule has 1 N–H and O–H groups in total. The molecular weight excluding hydrogens is 227 g/mol. The molecule has 1 unspecified atom stereocenters. The van der Waals surface area contributed by atoms with Crippen LogP contribution in [-0.2, 0) is 0 Å². The monoisotopic (exact) mass is 240 g/mol. The average molecular weight is 239 g/mol. The van der Waals surface area contributed by atoms with Crippen molar-refractivity contribution in [2.75, 3.05) is 11.9 Å². The zero-order chi connectivity index (χ0) is 9.10. The van der Waals surface area contributed by atoms with Gasteiger partial charge in [-0.3, -0.25) is 0 Å². The van der Waals surface area contributed by atoms with E-state index in [1.165, 1.54) is 4.73 Å². The van der Waals surface area contributed by atoms with Gasteiger partial charge in [-0.05, 0) is 0 Å². The SMILES string of the molecule is CC1CN=C(Nc2ccccc2)[Se]1. The van der Waals surface area contributed by atoms with Gasteiger partial charge in [0.2, 0.25) is 0 Å². The molecule has 1 heterocycles. The molecule has 1 aromatic carbocycles. The number of anilines is 1. The van der Waals surface area contributed by atoms with Crippen molar-refractivity contribution >= 4 is 25.4 Å². The number of benzene rings is 1. The van der Waals surface area contributed by atoms with Crippen LogP contribution in [0.15, 0.2) is 35.3 Å². The Morgan fingerprint density at radius 1 is 1.38 bits per heavy atom. The molecule has 0 aromatic heterocycles. The van der Waals surface area contributed by atoms with Gasteiger partial charge in [0, 0.05) is 0 Å². The zero-order valence-corrected chi connectivity index (χ0v) is 9.24. The molecule has 1 aromatic rings. The van der Waals surface area contributed by atoms with Crippen LogP contribution in [0.3, 0.4) is 0 Å². The molecule has 0 amide bonds. The predicted molar refractivity (Wildman–Crippen MR) is 57.5 cm³/mol. The van der Waals surface area contributed by atoms with E-state index in [1.807, 2.05) is 18.2 Å². The topological polar surface area (TPSA) is 24.4 Å². The Kier molecular flexibility index (Phi) is 2.67. The maximum absolute atomic E-state index is 4.45. The van der Waals surface area contributed by atoms with Crippen LogP contribution in [0, 0.1) is 0 Å². The quantitative estimate of drug-likeness (QED) is 0.744. The van der Waals surface area contributed by atoms with E-state index in [0.717, 1.165) is 17.0 Å². The summed E-state index contributed by atoms with van der Waals surface area (Å²) >= 11 is 0.538. The summed E-state index contributed by atoms with van der Waals surface area (Å²) in [6, 6.07) is 10.2. The van der Waals surface area contributed by atoms with Crippen LogP contribution in [0.25, 0.3) is 0 Å². The number of aliphatic imine (C=N–C) groups is 1. The molecule has 13 heavy (non-hydrogen) atoms. The molecule has 1 aliphatic rings. The first kappa shape index (κ1) is 8.79. The maximum atomic E-state index is 4.45. The molecule has 3 heteroatoms. The van der Waals surface area contributed by atoms with Gasteiger partial charge in [0.15, 0.2) is 0 Å². The summed E-state index contributed by atoms with van der Waals surface area (Å²) in [5.41, 5.74) is 1.15. The van der Waals surface area contributed by atoms with Crippen molar-refractivity contribution in [3.8, 4) is 0 Å². The van der Waals surface area contributed by atoms with Crippen LogP contribution in [0.1, 0.15) is 6.92 Å². The third-order valence-electron chi connectivity index (χ3n) is 1.83. The standard InChI is InChI=1S/C10H12N2Se/c1-8-7-11-10(13-8)12-9-5-3-2-4-6-9/h2-6,8H,7H2,1H3,(H,11,12). The van der Waals surface area contributed by atoms with Crippen molar-refractivity contribution in [1.29, 1.82) is 0 Å². The van der Waals surface area contributed by atoms with Crippen LogP contribution in [0.4, 0.5) is 5.69 Å². The van der Waals surface area contributed by atoms with E-state index < -0.39 is 0 Å². The van der Waals surface area contributed by atoms with Gasteiger partial charge in [-0.25, -0.2) is 0 Å². The Morgan fingerprint density at radius 3 is 2.77 bits per heavy atom. The summed E-state index contributed by atoms with van der Waals surface area (Å²) in [4.78, 5) is 5.21. The number of hydrogen-bond acceptors (Lipinski definition) is 2. The normalized spacial score (nSPS) is 21.3.